The molecule has 0 unspecified atom stereocenters. The van der Waals surface area contributed by atoms with Gasteiger partial charge in [0, 0.05) is 10.7 Å². The normalized spacial score (nSPS) is 10.7. The van der Waals surface area contributed by atoms with Gasteiger partial charge in [0.1, 0.15) is 19.0 Å². The van der Waals surface area contributed by atoms with Crippen LogP contribution < -0.4 is 15.2 Å². The minimum Gasteiger partial charge on any atom is -0.490 e. The maximum absolute atomic E-state index is 5.73. The van der Waals surface area contributed by atoms with Crippen molar-refractivity contribution in [2.45, 2.75) is 19.8 Å². The first-order chi connectivity index (χ1) is 10.1. The highest BCUT2D eigenvalue weighted by Gasteiger charge is 2.03. The predicted molar refractivity (Wildman–Crippen MR) is 87.9 cm³/mol. The van der Waals surface area contributed by atoms with E-state index in [0.29, 0.717) is 30.7 Å². The zero-order valence-electron chi connectivity index (χ0n) is 12.2. The van der Waals surface area contributed by atoms with Crippen molar-refractivity contribution in [1.82, 2.24) is 4.98 Å². The molecule has 0 saturated carbocycles. The van der Waals surface area contributed by atoms with Gasteiger partial charge in [0.15, 0.2) is 11.6 Å². The Labute approximate surface area is 133 Å². The number of benzene rings is 1. The Balaban J connectivity index is 1.80. The quantitative estimate of drug-likeness (QED) is 0.799. The number of nitrogens with two attached hydrogens (primary N) is 1. The van der Waals surface area contributed by atoms with Crippen molar-refractivity contribution in [1.29, 1.82) is 0 Å². The fourth-order valence-electron chi connectivity index (χ4n) is 1.81. The smallest absolute Gasteiger partial charge is 0.166 e. The van der Waals surface area contributed by atoms with Gasteiger partial charge in [-0.2, -0.15) is 0 Å². The molecule has 21 heavy (non-hydrogen) atoms. The van der Waals surface area contributed by atoms with E-state index < -0.39 is 0 Å². The highest BCUT2D eigenvalue weighted by molar-refractivity contribution is 9.10. The van der Waals surface area contributed by atoms with Crippen LogP contribution in [0.25, 0.3) is 0 Å². The topological polar surface area (TPSA) is 57.4 Å². The second-order valence-corrected chi connectivity index (χ2v) is 5.87. The molecule has 5 heteroatoms. The van der Waals surface area contributed by atoms with Crippen LogP contribution in [0.4, 0.5) is 5.82 Å². The summed E-state index contributed by atoms with van der Waals surface area (Å²) in [6, 6.07) is 9.91. The van der Waals surface area contributed by atoms with Gasteiger partial charge in [-0.25, -0.2) is 4.98 Å². The third-order valence-corrected chi connectivity index (χ3v) is 3.44. The molecule has 1 aromatic carbocycles. The zero-order chi connectivity index (χ0) is 15.2. The maximum Gasteiger partial charge on any atom is 0.166 e. The van der Waals surface area contributed by atoms with Crippen LogP contribution in [-0.2, 0) is 0 Å². The number of nitrogens with zero attached hydrogens (tertiary/aromatic N) is 1. The first kappa shape index (κ1) is 15.6. The summed E-state index contributed by atoms with van der Waals surface area (Å²) in [5, 5.41) is 0. The summed E-state index contributed by atoms with van der Waals surface area (Å²) in [6.07, 6.45) is 1.63. The van der Waals surface area contributed by atoms with E-state index >= 15 is 0 Å². The van der Waals surface area contributed by atoms with Crippen LogP contribution >= 0.6 is 15.9 Å². The molecule has 0 aliphatic carbocycles. The molecule has 2 N–H and O–H groups in total. The molecular formula is C16H19BrN2O2. The fraction of sp³-hybridized carbons (Fsp3) is 0.312. The lowest BCUT2D eigenvalue weighted by Gasteiger charge is -2.11. The molecule has 0 aliphatic heterocycles. The van der Waals surface area contributed by atoms with E-state index in [-0.39, 0.29) is 0 Å². The Morgan fingerprint density at radius 1 is 1.14 bits per heavy atom. The van der Waals surface area contributed by atoms with Crippen molar-refractivity contribution in [2.24, 2.45) is 0 Å². The lowest BCUT2D eigenvalue weighted by molar-refractivity contribution is 0.217. The van der Waals surface area contributed by atoms with Crippen LogP contribution in [0.3, 0.4) is 0 Å². The number of nitrogen functional groups attached to an aromatic ring is 1. The second kappa shape index (κ2) is 7.31. The Hall–Kier alpha value is -1.75. The van der Waals surface area contributed by atoms with Gasteiger partial charge in [-0.3, -0.25) is 0 Å². The lowest BCUT2D eigenvalue weighted by Crippen LogP contribution is -2.10. The Morgan fingerprint density at radius 3 is 2.48 bits per heavy atom. The Morgan fingerprint density at radius 2 is 1.81 bits per heavy atom. The fourth-order valence-corrected chi connectivity index (χ4v) is 2.12. The maximum atomic E-state index is 5.73. The van der Waals surface area contributed by atoms with Crippen molar-refractivity contribution in [3.8, 4) is 11.5 Å². The first-order valence-corrected chi connectivity index (χ1v) is 7.62. The molecule has 0 aliphatic rings. The minimum absolute atomic E-state index is 0.375. The van der Waals surface area contributed by atoms with E-state index in [1.54, 1.807) is 12.3 Å². The molecule has 0 fully saturated rings. The van der Waals surface area contributed by atoms with Crippen molar-refractivity contribution in [2.75, 3.05) is 18.9 Å². The minimum atomic E-state index is 0.375. The van der Waals surface area contributed by atoms with Crippen LogP contribution in [0.2, 0.25) is 0 Å². The standard InChI is InChI=1S/C16H19BrN2O2/c1-11(2)12-3-5-14(6-4-12)20-7-8-21-15-9-13(17)10-19-16(15)18/h3-6,9-11H,7-8H2,1-2H3,(H2,18,19). The van der Waals surface area contributed by atoms with Gasteiger partial charge in [-0.05, 0) is 45.6 Å². The van der Waals surface area contributed by atoms with Crippen LogP contribution in [-0.4, -0.2) is 18.2 Å². The predicted octanol–water partition coefficient (Wildman–Crippen LogP) is 4.01. The highest BCUT2D eigenvalue weighted by Crippen LogP contribution is 2.23. The zero-order valence-corrected chi connectivity index (χ0v) is 13.8. The summed E-state index contributed by atoms with van der Waals surface area (Å²) in [5.41, 5.74) is 7.03. The van der Waals surface area contributed by atoms with Gasteiger partial charge < -0.3 is 15.2 Å². The molecule has 2 rings (SSSR count). The van der Waals surface area contributed by atoms with E-state index in [1.807, 2.05) is 12.1 Å². The number of hydrogen-bond acceptors (Lipinski definition) is 4. The number of hydrogen-bond donors (Lipinski definition) is 1. The number of halogens is 1. The Bertz CT molecular complexity index is 585. The van der Waals surface area contributed by atoms with Crippen molar-refractivity contribution >= 4 is 21.7 Å². The second-order valence-electron chi connectivity index (χ2n) is 4.96. The van der Waals surface area contributed by atoms with Crippen molar-refractivity contribution in [3.05, 3.63) is 46.6 Å². The molecule has 112 valence electrons. The van der Waals surface area contributed by atoms with Crippen LogP contribution in [0, 0.1) is 0 Å². The SMILES string of the molecule is CC(C)c1ccc(OCCOc2cc(Br)cnc2N)cc1. The van der Waals surface area contributed by atoms with E-state index in [4.69, 9.17) is 15.2 Å². The Kier molecular flexibility index (Phi) is 5.44. The molecule has 4 nitrogen and oxygen atoms in total. The number of anilines is 1. The number of pyridine rings is 1. The van der Waals surface area contributed by atoms with Gasteiger partial charge in [-0.15, -0.1) is 0 Å². The van der Waals surface area contributed by atoms with Gasteiger partial charge in [0.05, 0.1) is 0 Å². The summed E-state index contributed by atoms with van der Waals surface area (Å²) in [7, 11) is 0. The van der Waals surface area contributed by atoms with Crippen LogP contribution in [0.15, 0.2) is 41.0 Å². The summed E-state index contributed by atoms with van der Waals surface area (Å²) in [5.74, 6) is 2.29. The molecule has 0 saturated heterocycles. The van der Waals surface area contributed by atoms with E-state index in [9.17, 15) is 0 Å². The van der Waals surface area contributed by atoms with Crippen molar-refractivity contribution < 1.29 is 9.47 Å². The average molecular weight is 351 g/mol. The summed E-state index contributed by atoms with van der Waals surface area (Å²) >= 11 is 3.33. The molecular weight excluding hydrogens is 332 g/mol. The monoisotopic (exact) mass is 350 g/mol. The van der Waals surface area contributed by atoms with E-state index in [2.05, 4.69) is 46.9 Å². The van der Waals surface area contributed by atoms with Crippen LogP contribution in [0.1, 0.15) is 25.3 Å². The number of ether oxygens (including phenoxy) is 2. The van der Waals surface area contributed by atoms with Gasteiger partial charge in [-0.1, -0.05) is 26.0 Å². The molecule has 1 heterocycles. The molecule has 2 aromatic rings. The molecule has 0 radical (unpaired) electrons. The van der Waals surface area contributed by atoms with E-state index in [0.717, 1.165) is 10.2 Å². The van der Waals surface area contributed by atoms with Gasteiger partial charge >= 0.3 is 0 Å². The number of rotatable bonds is 6. The summed E-state index contributed by atoms with van der Waals surface area (Å²) in [6.45, 7) is 5.20. The van der Waals surface area contributed by atoms with E-state index in [1.165, 1.54) is 5.56 Å². The van der Waals surface area contributed by atoms with Crippen molar-refractivity contribution in [3.63, 3.8) is 0 Å². The first-order valence-electron chi connectivity index (χ1n) is 6.83. The lowest BCUT2D eigenvalue weighted by atomic mass is 10.0. The molecule has 1 aromatic heterocycles. The number of aromatic nitrogens is 1. The third-order valence-electron chi connectivity index (χ3n) is 3.00. The van der Waals surface area contributed by atoms with Crippen LogP contribution in [0.5, 0.6) is 11.5 Å². The summed E-state index contributed by atoms with van der Waals surface area (Å²) < 4.78 is 12.0. The molecule has 0 amide bonds. The molecule has 0 bridgehead atoms. The third kappa shape index (κ3) is 4.63. The largest absolute Gasteiger partial charge is 0.490 e. The average Bonchev–Trinajstić information content (AvgIpc) is 2.47. The van der Waals surface area contributed by atoms with Gasteiger partial charge in [0.2, 0.25) is 0 Å². The summed E-state index contributed by atoms with van der Waals surface area (Å²) in [4.78, 5) is 4.01. The molecule has 0 atom stereocenters. The molecule has 0 spiro atoms. The highest BCUT2D eigenvalue weighted by atomic mass is 79.9. The van der Waals surface area contributed by atoms with Gasteiger partial charge in [0.25, 0.3) is 0 Å².